The summed E-state index contributed by atoms with van der Waals surface area (Å²) in [6.07, 6.45) is 0. The largest absolute Gasteiger partial charge is 0.398 e. The van der Waals surface area contributed by atoms with E-state index in [9.17, 15) is 4.79 Å². The molecule has 0 unspecified atom stereocenters. The summed E-state index contributed by atoms with van der Waals surface area (Å²) in [6, 6.07) is 5.64. The number of nitrogen functional groups attached to an aromatic ring is 1. The van der Waals surface area contributed by atoms with E-state index in [-0.39, 0.29) is 5.91 Å². The van der Waals surface area contributed by atoms with Crippen LogP contribution in [0.1, 0.15) is 15.2 Å². The van der Waals surface area contributed by atoms with E-state index < -0.39 is 0 Å². The number of anilines is 1. The first-order valence-corrected chi connectivity index (χ1v) is 5.00. The highest BCUT2D eigenvalue weighted by molar-refractivity contribution is 7.21. The lowest BCUT2D eigenvalue weighted by Gasteiger charge is -1.96. The molecule has 0 spiro atoms. The zero-order chi connectivity index (χ0) is 10.3. The lowest BCUT2D eigenvalue weighted by atomic mass is 10.1. The SMILES string of the molecule is Cc1c(C(N)=O)sc2cccc(N)c12. The van der Waals surface area contributed by atoms with Crippen LogP contribution >= 0.6 is 11.3 Å². The third kappa shape index (κ3) is 1.15. The number of amides is 1. The van der Waals surface area contributed by atoms with Gasteiger partial charge in [-0.15, -0.1) is 11.3 Å². The fourth-order valence-corrected chi connectivity index (χ4v) is 2.66. The van der Waals surface area contributed by atoms with E-state index in [0.29, 0.717) is 10.6 Å². The summed E-state index contributed by atoms with van der Waals surface area (Å²) < 4.78 is 1.01. The van der Waals surface area contributed by atoms with Crippen molar-refractivity contribution in [3.8, 4) is 0 Å². The number of rotatable bonds is 1. The van der Waals surface area contributed by atoms with E-state index in [2.05, 4.69) is 0 Å². The summed E-state index contributed by atoms with van der Waals surface area (Å²) in [6.45, 7) is 1.87. The smallest absolute Gasteiger partial charge is 0.259 e. The Morgan fingerprint density at radius 1 is 1.43 bits per heavy atom. The van der Waals surface area contributed by atoms with Crippen LogP contribution in [0.25, 0.3) is 10.1 Å². The summed E-state index contributed by atoms with van der Waals surface area (Å²) in [4.78, 5) is 11.7. The van der Waals surface area contributed by atoms with Crippen molar-refractivity contribution in [2.75, 3.05) is 5.73 Å². The first-order chi connectivity index (χ1) is 6.61. The first kappa shape index (κ1) is 9.02. The van der Waals surface area contributed by atoms with E-state index in [1.54, 1.807) is 0 Å². The Hall–Kier alpha value is -1.55. The predicted octanol–water partition coefficient (Wildman–Crippen LogP) is 1.89. The standard InChI is InChI=1S/C10H10N2OS/c1-5-8-6(11)3-2-4-7(8)14-9(5)10(12)13/h2-4H,11H2,1H3,(H2,12,13). The maximum absolute atomic E-state index is 11.1. The lowest BCUT2D eigenvalue weighted by Crippen LogP contribution is -2.09. The number of primary amides is 1. The number of fused-ring (bicyclic) bond motifs is 1. The molecule has 0 saturated heterocycles. The Bertz CT molecular complexity index is 516. The van der Waals surface area contributed by atoms with Gasteiger partial charge in [0.1, 0.15) is 0 Å². The lowest BCUT2D eigenvalue weighted by molar-refractivity contribution is 0.100. The van der Waals surface area contributed by atoms with Gasteiger partial charge in [0.15, 0.2) is 0 Å². The van der Waals surface area contributed by atoms with Gasteiger partial charge in [-0.1, -0.05) is 6.07 Å². The molecular weight excluding hydrogens is 196 g/mol. The third-order valence-electron chi connectivity index (χ3n) is 2.21. The molecule has 0 aliphatic carbocycles. The minimum Gasteiger partial charge on any atom is -0.398 e. The molecule has 2 rings (SSSR count). The summed E-state index contributed by atoms with van der Waals surface area (Å²) in [7, 11) is 0. The number of thiophene rings is 1. The molecule has 0 atom stereocenters. The number of carbonyl (C=O) groups is 1. The van der Waals surface area contributed by atoms with Crippen LogP contribution < -0.4 is 11.5 Å². The van der Waals surface area contributed by atoms with Gasteiger partial charge in [0.2, 0.25) is 0 Å². The van der Waals surface area contributed by atoms with Crippen molar-refractivity contribution in [3.05, 3.63) is 28.6 Å². The van der Waals surface area contributed by atoms with E-state index in [1.807, 2.05) is 25.1 Å². The molecule has 2 aromatic rings. The van der Waals surface area contributed by atoms with Crippen molar-refractivity contribution in [1.29, 1.82) is 0 Å². The number of carbonyl (C=O) groups excluding carboxylic acids is 1. The molecule has 1 amide bonds. The quantitative estimate of drug-likeness (QED) is 0.699. The summed E-state index contributed by atoms with van der Waals surface area (Å²) >= 11 is 1.39. The van der Waals surface area contributed by atoms with Crippen molar-refractivity contribution in [2.45, 2.75) is 6.92 Å². The highest BCUT2D eigenvalue weighted by atomic mass is 32.1. The Morgan fingerprint density at radius 3 is 2.71 bits per heavy atom. The van der Waals surface area contributed by atoms with Crippen LogP contribution in [0.2, 0.25) is 0 Å². The third-order valence-corrected chi connectivity index (χ3v) is 3.48. The van der Waals surface area contributed by atoms with Crippen LogP contribution in [0.5, 0.6) is 0 Å². The number of benzene rings is 1. The molecule has 4 N–H and O–H groups in total. The summed E-state index contributed by atoms with van der Waals surface area (Å²) in [5.41, 5.74) is 12.7. The second-order valence-corrected chi connectivity index (χ2v) is 4.19. The molecule has 0 bridgehead atoms. The second-order valence-electron chi connectivity index (χ2n) is 3.14. The Kier molecular flexibility index (Phi) is 1.93. The molecular formula is C10H10N2OS. The molecule has 0 saturated carbocycles. The van der Waals surface area contributed by atoms with Crippen LogP contribution in [-0.4, -0.2) is 5.91 Å². The van der Waals surface area contributed by atoms with Gasteiger partial charge in [-0.2, -0.15) is 0 Å². The molecule has 0 fully saturated rings. The zero-order valence-corrected chi connectivity index (χ0v) is 8.52. The van der Waals surface area contributed by atoms with Crippen LogP contribution in [0.15, 0.2) is 18.2 Å². The summed E-state index contributed by atoms with van der Waals surface area (Å²) in [5.74, 6) is -0.386. The molecule has 72 valence electrons. The van der Waals surface area contributed by atoms with Crippen LogP contribution in [0.4, 0.5) is 5.69 Å². The predicted molar refractivity (Wildman–Crippen MR) is 59.5 cm³/mol. The maximum Gasteiger partial charge on any atom is 0.259 e. The van der Waals surface area contributed by atoms with Crippen LogP contribution in [-0.2, 0) is 0 Å². The fourth-order valence-electron chi connectivity index (χ4n) is 1.57. The first-order valence-electron chi connectivity index (χ1n) is 4.18. The average Bonchev–Trinajstić information content (AvgIpc) is 2.45. The van der Waals surface area contributed by atoms with Crippen LogP contribution in [0, 0.1) is 6.92 Å². The molecule has 0 radical (unpaired) electrons. The van der Waals surface area contributed by atoms with Crippen LogP contribution in [0.3, 0.4) is 0 Å². The monoisotopic (exact) mass is 206 g/mol. The van der Waals surface area contributed by atoms with Gasteiger partial charge in [0, 0.05) is 15.8 Å². The summed E-state index contributed by atoms with van der Waals surface area (Å²) in [5, 5.41) is 0.950. The molecule has 4 heteroatoms. The molecule has 0 aliphatic rings. The molecule has 0 aliphatic heterocycles. The van der Waals surface area contributed by atoms with Crippen molar-refractivity contribution in [2.24, 2.45) is 5.73 Å². The normalized spacial score (nSPS) is 10.6. The maximum atomic E-state index is 11.1. The highest BCUT2D eigenvalue weighted by Crippen LogP contribution is 2.33. The Labute approximate surface area is 85.3 Å². The topological polar surface area (TPSA) is 69.1 Å². The average molecular weight is 206 g/mol. The van der Waals surface area contributed by atoms with Gasteiger partial charge in [0.05, 0.1) is 4.88 Å². The van der Waals surface area contributed by atoms with Crippen molar-refractivity contribution in [3.63, 3.8) is 0 Å². The highest BCUT2D eigenvalue weighted by Gasteiger charge is 2.13. The molecule has 1 aromatic carbocycles. The van der Waals surface area contributed by atoms with E-state index >= 15 is 0 Å². The molecule has 1 aromatic heterocycles. The number of aryl methyl sites for hydroxylation is 1. The Balaban J connectivity index is 2.87. The molecule has 3 nitrogen and oxygen atoms in total. The number of nitrogens with two attached hydrogens (primary N) is 2. The molecule has 1 heterocycles. The van der Waals surface area contributed by atoms with Crippen molar-refractivity contribution in [1.82, 2.24) is 0 Å². The second kappa shape index (κ2) is 2.99. The number of hydrogen-bond donors (Lipinski definition) is 2. The van der Waals surface area contributed by atoms with E-state index in [4.69, 9.17) is 11.5 Å². The van der Waals surface area contributed by atoms with E-state index in [1.165, 1.54) is 11.3 Å². The van der Waals surface area contributed by atoms with Crippen molar-refractivity contribution >= 4 is 33.0 Å². The zero-order valence-electron chi connectivity index (χ0n) is 7.70. The van der Waals surface area contributed by atoms with Gasteiger partial charge in [0.25, 0.3) is 5.91 Å². The van der Waals surface area contributed by atoms with Crippen molar-refractivity contribution < 1.29 is 4.79 Å². The van der Waals surface area contributed by atoms with Gasteiger partial charge in [-0.3, -0.25) is 4.79 Å². The minimum atomic E-state index is -0.386. The van der Waals surface area contributed by atoms with Gasteiger partial charge in [-0.05, 0) is 24.6 Å². The number of hydrogen-bond acceptors (Lipinski definition) is 3. The minimum absolute atomic E-state index is 0.386. The molecule has 14 heavy (non-hydrogen) atoms. The fraction of sp³-hybridized carbons (Fsp3) is 0.100. The van der Waals surface area contributed by atoms with Gasteiger partial charge >= 0.3 is 0 Å². The van der Waals surface area contributed by atoms with Gasteiger partial charge < -0.3 is 11.5 Å². The van der Waals surface area contributed by atoms with Gasteiger partial charge in [-0.25, -0.2) is 0 Å². The Morgan fingerprint density at radius 2 is 2.14 bits per heavy atom. The van der Waals surface area contributed by atoms with E-state index in [0.717, 1.165) is 15.6 Å².